The number of ether oxygens (including phenoxy) is 1. The van der Waals surface area contributed by atoms with E-state index in [9.17, 15) is 4.79 Å². The number of fused-ring (bicyclic) bond motifs is 1. The normalized spacial score (nSPS) is 10.6. The number of para-hydroxylation sites is 1. The summed E-state index contributed by atoms with van der Waals surface area (Å²) in [6, 6.07) is 10.1. The molecule has 0 aliphatic carbocycles. The van der Waals surface area contributed by atoms with Gasteiger partial charge in [-0.1, -0.05) is 29.3 Å². The van der Waals surface area contributed by atoms with E-state index in [1.807, 2.05) is 0 Å². The highest BCUT2D eigenvalue weighted by molar-refractivity contribution is 6.35. The monoisotopic (exact) mass is 336 g/mol. The minimum absolute atomic E-state index is 0.185. The Morgan fingerprint density at radius 2 is 2.09 bits per heavy atom. The van der Waals surface area contributed by atoms with Gasteiger partial charge < -0.3 is 10.1 Å². The summed E-state index contributed by atoms with van der Waals surface area (Å²) in [5.41, 5.74) is 1.81. The number of H-pyrrole nitrogens is 1. The molecule has 0 saturated carbocycles. The lowest BCUT2D eigenvalue weighted by Gasteiger charge is -2.09. The van der Waals surface area contributed by atoms with Crippen LogP contribution in [0.2, 0.25) is 10.0 Å². The first kappa shape index (κ1) is 14.6. The van der Waals surface area contributed by atoms with E-state index in [1.165, 1.54) is 0 Å². The van der Waals surface area contributed by atoms with Crippen LogP contribution in [0.25, 0.3) is 11.0 Å². The highest BCUT2D eigenvalue weighted by Crippen LogP contribution is 2.27. The Morgan fingerprint density at radius 1 is 1.23 bits per heavy atom. The molecule has 2 N–H and O–H groups in total. The topological polar surface area (TPSA) is 79.9 Å². The third-order valence-corrected chi connectivity index (χ3v) is 3.40. The van der Waals surface area contributed by atoms with E-state index in [-0.39, 0.29) is 12.5 Å². The van der Waals surface area contributed by atoms with Gasteiger partial charge >= 0.3 is 0 Å². The first-order valence-corrected chi connectivity index (χ1v) is 7.06. The molecule has 0 spiro atoms. The third kappa shape index (κ3) is 3.13. The zero-order valence-electron chi connectivity index (χ0n) is 11.1. The minimum Gasteiger partial charge on any atom is -0.482 e. The predicted octanol–water partition coefficient (Wildman–Crippen LogP) is 3.28. The average Bonchev–Trinajstić information content (AvgIpc) is 2.96. The van der Waals surface area contributed by atoms with Gasteiger partial charge in [-0.15, -0.1) is 0 Å². The first-order chi connectivity index (χ1) is 10.6. The molecule has 112 valence electrons. The van der Waals surface area contributed by atoms with Crippen LogP contribution in [-0.4, -0.2) is 27.9 Å². The van der Waals surface area contributed by atoms with Crippen molar-refractivity contribution >= 4 is 45.8 Å². The number of benzene rings is 2. The molecular weight excluding hydrogens is 327 g/mol. The van der Waals surface area contributed by atoms with Crippen molar-refractivity contribution in [2.75, 3.05) is 11.9 Å². The maximum atomic E-state index is 12.0. The van der Waals surface area contributed by atoms with Crippen LogP contribution >= 0.6 is 23.2 Å². The van der Waals surface area contributed by atoms with Crippen molar-refractivity contribution in [3.05, 3.63) is 46.4 Å². The van der Waals surface area contributed by atoms with Gasteiger partial charge in [-0.3, -0.25) is 4.79 Å². The fraction of sp³-hybridized carbons (Fsp3) is 0.0714. The minimum atomic E-state index is -0.332. The molecule has 0 atom stereocenters. The first-order valence-electron chi connectivity index (χ1n) is 6.30. The summed E-state index contributed by atoms with van der Waals surface area (Å²) in [5, 5.41) is 14.0. The van der Waals surface area contributed by atoms with Crippen LogP contribution in [0.15, 0.2) is 36.4 Å². The number of rotatable bonds is 4. The van der Waals surface area contributed by atoms with E-state index in [4.69, 9.17) is 27.9 Å². The highest BCUT2D eigenvalue weighted by Gasteiger charge is 2.10. The van der Waals surface area contributed by atoms with E-state index in [1.54, 1.807) is 36.4 Å². The number of anilines is 1. The molecule has 0 aliphatic rings. The van der Waals surface area contributed by atoms with Gasteiger partial charge in [0.25, 0.3) is 5.91 Å². The molecule has 6 nitrogen and oxygen atoms in total. The summed E-state index contributed by atoms with van der Waals surface area (Å²) in [6.07, 6.45) is 0. The summed E-state index contributed by atoms with van der Waals surface area (Å²) >= 11 is 11.8. The highest BCUT2D eigenvalue weighted by atomic mass is 35.5. The summed E-state index contributed by atoms with van der Waals surface area (Å²) in [5.74, 6) is 0.0578. The van der Waals surface area contributed by atoms with Gasteiger partial charge in [-0.25, -0.2) is 0 Å². The van der Waals surface area contributed by atoms with Crippen molar-refractivity contribution in [3.8, 4) is 5.75 Å². The van der Waals surface area contributed by atoms with Crippen LogP contribution in [0.1, 0.15) is 0 Å². The second-order valence-electron chi connectivity index (χ2n) is 4.41. The van der Waals surface area contributed by atoms with Crippen molar-refractivity contribution in [3.63, 3.8) is 0 Å². The average molecular weight is 337 g/mol. The quantitative estimate of drug-likeness (QED) is 0.766. The molecule has 1 aromatic heterocycles. The van der Waals surface area contributed by atoms with Crippen LogP contribution in [-0.2, 0) is 4.79 Å². The van der Waals surface area contributed by atoms with Gasteiger partial charge in [0.1, 0.15) is 16.8 Å². The number of aromatic nitrogens is 3. The predicted molar refractivity (Wildman–Crippen MR) is 84.5 cm³/mol. The molecule has 0 saturated heterocycles. The number of nitrogens with zero attached hydrogens (tertiary/aromatic N) is 2. The molecule has 0 unspecified atom stereocenters. The lowest BCUT2D eigenvalue weighted by atomic mass is 10.2. The number of hydrogen-bond acceptors (Lipinski definition) is 4. The number of carbonyl (C=O) groups is 1. The van der Waals surface area contributed by atoms with Gasteiger partial charge in [0, 0.05) is 5.02 Å². The van der Waals surface area contributed by atoms with Gasteiger partial charge in [0.2, 0.25) is 0 Å². The van der Waals surface area contributed by atoms with Crippen molar-refractivity contribution in [1.82, 2.24) is 15.4 Å². The second-order valence-corrected chi connectivity index (χ2v) is 5.25. The van der Waals surface area contributed by atoms with Crippen LogP contribution < -0.4 is 10.1 Å². The van der Waals surface area contributed by atoms with E-state index in [2.05, 4.69) is 20.7 Å². The molecule has 22 heavy (non-hydrogen) atoms. The van der Waals surface area contributed by atoms with Crippen molar-refractivity contribution in [2.24, 2.45) is 0 Å². The smallest absolute Gasteiger partial charge is 0.262 e. The standard InChI is InChI=1S/C14H10Cl2N4O2/c15-8-4-5-12(9(16)6-8)22-7-13(21)17-10-2-1-3-11-14(10)19-20-18-11/h1-6H,7H2,(H,17,21)(H,18,19,20). The van der Waals surface area contributed by atoms with Gasteiger partial charge in [0.05, 0.1) is 10.7 Å². The molecule has 8 heteroatoms. The second kappa shape index (κ2) is 6.21. The number of aromatic amines is 1. The van der Waals surface area contributed by atoms with Crippen molar-refractivity contribution in [1.29, 1.82) is 0 Å². The molecule has 1 amide bonds. The lowest BCUT2D eigenvalue weighted by Crippen LogP contribution is -2.20. The Bertz CT molecular complexity index is 835. The maximum absolute atomic E-state index is 12.0. The Balaban J connectivity index is 1.66. The number of carbonyl (C=O) groups excluding carboxylic acids is 1. The van der Waals surface area contributed by atoms with Crippen LogP contribution in [0.4, 0.5) is 5.69 Å². The lowest BCUT2D eigenvalue weighted by molar-refractivity contribution is -0.118. The Hall–Kier alpha value is -2.31. The molecule has 3 rings (SSSR count). The summed E-state index contributed by atoms with van der Waals surface area (Å²) in [4.78, 5) is 12.0. The third-order valence-electron chi connectivity index (χ3n) is 2.87. The molecule has 3 aromatic rings. The van der Waals surface area contributed by atoms with E-state index >= 15 is 0 Å². The SMILES string of the molecule is O=C(COc1ccc(Cl)cc1Cl)Nc1cccc2n[nH]nc12. The summed E-state index contributed by atoms with van der Waals surface area (Å²) in [7, 11) is 0. The summed E-state index contributed by atoms with van der Waals surface area (Å²) in [6.45, 7) is -0.185. The zero-order valence-corrected chi connectivity index (χ0v) is 12.6. The number of hydrogen-bond donors (Lipinski definition) is 2. The van der Waals surface area contributed by atoms with Crippen LogP contribution in [0.3, 0.4) is 0 Å². The molecule has 0 radical (unpaired) electrons. The fourth-order valence-electron chi connectivity index (χ4n) is 1.89. The fourth-order valence-corrected chi connectivity index (χ4v) is 2.35. The zero-order chi connectivity index (χ0) is 15.5. The molecule has 2 aromatic carbocycles. The number of nitrogens with one attached hydrogen (secondary N) is 2. The number of halogens is 2. The van der Waals surface area contributed by atoms with Crippen LogP contribution in [0.5, 0.6) is 5.75 Å². The van der Waals surface area contributed by atoms with Gasteiger partial charge in [-0.2, -0.15) is 15.4 Å². The maximum Gasteiger partial charge on any atom is 0.262 e. The van der Waals surface area contributed by atoms with Gasteiger partial charge in [0.15, 0.2) is 6.61 Å². The molecule has 0 bridgehead atoms. The molecule has 0 aliphatic heterocycles. The molecule has 0 fully saturated rings. The van der Waals surface area contributed by atoms with E-state index in [0.717, 1.165) is 0 Å². The number of amides is 1. The Kier molecular flexibility index (Phi) is 4.13. The molecular formula is C14H10Cl2N4O2. The van der Waals surface area contributed by atoms with Crippen molar-refractivity contribution < 1.29 is 9.53 Å². The van der Waals surface area contributed by atoms with Crippen LogP contribution in [0, 0.1) is 0 Å². The van der Waals surface area contributed by atoms with Gasteiger partial charge in [-0.05, 0) is 30.3 Å². The van der Waals surface area contributed by atoms with E-state index < -0.39 is 0 Å². The Labute approximate surface area is 135 Å². The van der Waals surface area contributed by atoms with E-state index in [0.29, 0.717) is 32.5 Å². The summed E-state index contributed by atoms with van der Waals surface area (Å²) < 4.78 is 5.37. The van der Waals surface area contributed by atoms with Crippen molar-refractivity contribution in [2.45, 2.75) is 0 Å². The largest absolute Gasteiger partial charge is 0.482 e. The molecule has 1 heterocycles. The Morgan fingerprint density at radius 3 is 2.91 bits per heavy atom.